The van der Waals surface area contributed by atoms with Crippen LogP contribution in [0.3, 0.4) is 0 Å². The number of nitrogens with zero attached hydrogens (tertiary/aromatic N) is 2. The number of aryl methyl sites for hydroxylation is 1. The molecule has 0 aromatic heterocycles. The van der Waals surface area contributed by atoms with Crippen molar-refractivity contribution < 1.29 is 24.0 Å². The maximum absolute atomic E-state index is 12.4. The van der Waals surface area contributed by atoms with E-state index in [9.17, 15) is 24.5 Å². The second kappa shape index (κ2) is 6.75. The number of esters is 1. The molecule has 1 aliphatic heterocycles. The Morgan fingerprint density at radius 2 is 1.85 bits per heavy atom. The number of carbonyl (C=O) groups excluding carboxylic acids is 3. The maximum Gasteiger partial charge on any atom is 0.313 e. The molecule has 132 valence electrons. The van der Waals surface area contributed by atoms with Gasteiger partial charge < -0.3 is 4.74 Å². The zero-order chi connectivity index (χ0) is 18.8. The lowest BCUT2D eigenvalue weighted by Gasteiger charge is -2.13. The van der Waals surface area contributed by atoms with Crippen molar-refractivity contribution in [1.82, 2.24) is 4.90 Å². The number of para-hydroxylation sites is 1. The molecule has 0 radical (unpaired) electrons. The molecule has 2 aromatic rings. The van der Waals surface area contributed by atoms with Crippen LogP contribution in [0.2, 0.25) is 0 Å². The van der Waals surface area contributed by atoms with Crippen LogP contribution in [0, 0.1) is 17.0 Å². The molecule has 0 bridgehead atoms. The van der Waals surface area contributed by atoms with Crippen molar-refractivity contribution in [2.75, 3.05) is 6.54 Å². The third-order valence-electron chi connectivity index (χ3n) is 4.03. The van der Waals surface area contributed by atoms with Gasteiger partial charge >= 0.3 is 5.97 Å². The van der Waals surface area contributed by atoms with Crippen LogP contribution < -0.4 is 4.74 Å². The minimum Gasteiger partial charge on any atom is -0.426 e. The number of imide groups is 1. The number of benzene rings is 2. The predicted octanol–water partition coefficient (Wildman–Crippen LogP) is 2.49. The molecule has 0 atom stereocenters. The predicted molar refractivity (Wildman–Crippen MR) is 89.9 cm³/mol. The molecule has 3 rings (SSSR count). The molecule has 0 spiro atoms. The summed E-state index contributed by atoms with van der Waals surface area (Å²) < 4.78 is 5.22. The molecule has 0 N–H and O–H groups in total. The Bertz CT molecular complexity index is 937. The second-order valence-electron chi connectivity index (χ2n) is 5.71. The van der Waals surface area contributed by atoms with E-state index < -0.39 is 28.4 Å². The fourth-order valence-corrected chi connectivity index (χ4v) is 2.72. The standard InChI is InChI=1S/C18H14N2O6/c1-11-5-2-3-8-14(11)26-15(21)9-10-19-17(22)12-6-4-7-13(20(24)25)16(12)18(19)23/h2-8H,9-10H2,1H3. The maximum atomic E-state index is 12.4. The average Bonchev–Trinajstić information content (AvgIpc) is 2.86. The second-order valence-corrected chi connectivity index (χ2v) is 5.71. The van der Waals surface area contributed by atoms with Crippen LogP contribution in [-0.4, -0.2) is 34.2 Å². The fourth-order valence-electron chi connectivity index (χ4n) is 2.72. The first-order valence-corrected chi connectivity index (χ1v) is 7.80. The number of rotatable bonds is 5. The van der Waals surface area contributed by atoms with Gasteiger partial charge in [0.2, 0.25) is 0 Å². The number of nitro benzene ring substituents is 1. The van der Waals surface area contributed by atoms with Crippen LogP contribution in [0.1, 0.15) is 32.7 Å². The van der Waals surface area contributed by atoms with Crippen LogP contribution in [0.25, 0.3) is 0 Å². The molecule has 8 heteroatoms. The molecule has 0 fully saturated rings. The summed E-state index contributed by atoms with van der Waals surface area (Å²) in [5.41, 5.74) is 0.0780. The van der Waals surface area contributed by atoms with E-state index in [4.69, 9.17) is 4.74 Å². The zero-order valence-electron chi connectivity index (χ0n) is 13.8. The van der Waals surface area contributed by atoms with E-state index in [1.54, 1.807) is 31.2 Å². The van der Waals surface area contributed by atoms with Gasteiger partial charge in [-0.2, -0.15) is 0 Å². The third kappa shape index (κ3) is 3.04. The van der Waals surface area contributed by atoms with E-state index in [0.29, 0.717) is 5.75 Å². The highest BCUT2D eigenvalue weighted by Crippen LogP contribution is 2.30. The first kappa shape index (κ1) is 17.3. The van der Waals surface area contributed by atoms with Gasteiger partial charge in [0.1, 0.15) is 11.3 Å². The SMILES string of the molecule is Cc1ccccc1OC(=O)CCN1C(=O)c2cccc([N+](=O)[O-])c2C1=O. The summed E-state index contributed by atoms with van der Waals surface area (Å²) in [7, 11) is 0. The van der Waals surface area contributed by atoms with Crippen molar-refractivity contribution in [1.29, 1.82) is 0 Å². The molecule has 0 saturated heterocycles. The Morgan fingerprint density at radius 1 is 1.12 bits per heavy atom. The van der Waals surface area contributed by atoms with Crippen LogP contribution in [0.4, 0.5) is 5.69 Å². The Kier molecular flexibility index (Phi) is 4.49. The van der Waals surface area contributed by atoms with Crippen LogP contribution in [0.5, 0.6) is 5.75 Å². The molecule has 2 aromatic carbocycles. The molecular formula is C18H14N2O6. The van der Waals surface area contributed by atoms with Crippen molar-refractivity contribution in [3.8, 4) is 5.75 Å². The largest absolute Gasteiger partial charge is 0.426 e. The van der Waals surface area contributed by atoms with Crippen molar-refractivity contribution in [3.05, 3.63) is 69.3 Å². The lowest BCUT2D eigenvalue weighted by molar-refractivity contribution is -0.385. The number of hydrogen-bond acceptors (Lipinski definition) is 6. The molecule has 8 nitrogen and oxygen atoms in total. The summed E-state index contributed by atoms with van der Waals surface area (Å²) in [6, 6.07) is 10.8. The van der Waals surface area contributed by atoms with Gasteiger partial charge in [0.25, 0.3) is 17.5 Å². The van der Waals surface area contributed by atoms with E-state index in [-0.39, 0.29) is 24.1 Å². The van der Waals surface area contributed by atoms with Gasteiger partial charge in [0.05, 0.1) is 16.9 Å². The number of hydrogen-bond donors (Lipinski definition) is 0. The van der Waals surface area contributed by atoms with Crippen LogP contribution >= 0.6 is 0 Å². The summed E-state index contributed by atoms with van der Waals surface area (Å²) in [5, 5.41) is 11.1. The third-order valence-corrected chi connectivity index (χ3v) is 4.03. The summed E-state index contributed by atoms with van der Waals surface area (Å²) >= 11 is 0. The average molecular weight is 354 g/mol. The fraction of sp³-hybridized carbons (Fsp3) is 0.167. The van der Waals surface area contributed by atoms with E-state index >= 15 is 0 Å². The van der Waals surface area contributed by atoms with Gasteiger partial charge in [-0.3, -0.25) is 29.4 Å². The highest BCUT2D eigenvalue weighted by molar-refractivity contribution is 6.23. The minimum absolute atomic E-state index is 0.0310. The molecule has 0 unspecified atom stereocenters. The number of nitro groups is 1. The lowest BCUT2D eigenvalue weighted by Crippen LogP contribution is -2.32. The van der Waals surface area contributed by atoms with E-state index in [1.807, 2.05) is 0 Å². The first-order valence-electron chi connectivity index (χ1n) is 7.80. The quantitative estimate of drug-likeness (QED) is 0.268. The molecule has 1 heterocycles. The molecule has 1 aliphatic rings. The van der Waals surface area contributed by atoms with Gasteiger partial charge in [-0.1, -0.05) is 24.3 Å². The summed E-state index contributed by atoms with van der Waals surface area (Å²) in [5.74, 6) is -1.64. The highest BCUT2D eigenvalue weighted by atomic mass is 16.6. The van der Waals surface area contributed by atoms with Crippen molar-refractivity contribution in [2.45, 2.75) is 13.3 Å². The van der Waals surface area contributed by atoms with Gasteiger partial charge in [0.15, 0.2) is 0 Å². The Labute approximate surface area is 148 Å². The smallest absolute Gasteiger partial charge is 0.313 e. The van der Waals surface area contributed by atoms with Crippen molar-refractivity contribution in [2.24, 2.45) is 0 Å². The highest BCUT2D eigenvalue weighted by Gasteiger charge is 2.40. The molecule has 26 heavy (non-hydrogen) atoms. The van der Waals surface area contributed by atoms with E-state index in [0.717, 1.165) is 10.5 Å². The molecular weight excluding hydrogens is 340 g/mol. The first-order chi connectivity index (χ1) is 12.4. The Morgan fingerprint density at radius 3 is 2.54 bits per heavy atom. The lowest BCUT2D eigenvalue weighted by atomic mass is 10.1. The monoisotopic (exact) mass is 354 g/mol. The van der Waals surface area contributed by atoms with Crippen LogP contribution in [-0.2, 0) is 4.79 Å². The van der Waals surface area contributed by atoms with E-state index in [2.05, 4.69) is 0 Å². The van der Waals surface area contributed by atoms with Gasteiger partial charge in [-0.15, -0.1) is 0 Å². The minimum atomic E-state index is -0.777. The Balaban J connectivity index is 1.72. The van der Waals surface area contributed by atoms with Crippen LogP contribution in [0.15, 0.2) is 42.5 Å². The summed E-state index contributed by atoms with van der Waals surface area (Å²) in [6.07, 6.45) is -0.215. The van der Waals surface area contributed by atoms with Gasteiger partial charge in [0, 0.05) is 12.6 Å². The zero-order valence-corrected chi connectivity index (χ0v) is 13.8. The normalized spacial score (nSPS) is 12.9. The number of fused-ring (bicyclic) bond motifs is 1. The number of carbonyl (C=O) groups is 3. The molecule has 0 aliphatic carbocycles. The summed E-state index contributed by atoms with van der Waals surface area (Å²) in [6.45, 7) is 1.57. The summed E-state index contributed by atoms with van der Waals surface area (Å²) in [4.78, 5) is 47.9. The number of amides is 2. The van der Waals surface area contributed by atoms with Crippen molar-refractivity contribution >= 4 is 23.5 Å². The van der Waals surface area contributed by atoms with E-state index in [1.165, 1.54) is 18.2 Å². The number of ether oxygens (including phenoxy) is 1. The van der Waals surface area contributed by atoms with Crippen molar-refractivity contribution in [3.63, 3.8) is 0 Å². The molecule has 2 amide bonds. The molecule has 0 saturated carbocycles. The topological polar surface area (TPSA) is 107 Å². The van der Waals surface area contributed by atoms with Gasteiger partial charge in [-0.05, 0) is 24.6 Å². The Hall–Kier alpha value is -3.55. The van der Waals surface area contributed by atoms with Gasteiger partial charge in [-0.25, -0.2) is 0 Å².